The fourth-order valence-corrected chi connectivity index (χ4v) is 4.00. The maximum Gasteiger partial charge on any atom is 0.471 e. The highest BCUT2D eigenvalue weighted by Gasteiger charge is 2.38. The summed E-state index contributed by atoms with van der Waals surface area (Å²) in [4.78, 5) is 23.8. The minimum absolute atomic E-state index is 0.0182. The predicted molar refractivity (Wildman–Crippen MR) is 114 cm³/mol. The Hall–Kier alpha value is -3.11. The zero-order chi connectivity index (χ0) is 22.8. The first-order valence-electron chi connectivity index (χ1n) is 8.69. The molecular formula is C20H15ClF3N3O3S. The molecule has 1 aromatic heterocycles. The molecule has 0 spiro atoms. The zero-order valence-electron chi connectivity index (χ0n) is 16.1. The van der Waals surface area contributed by atoms with Crippen molar-refractivity contribution in [3.8, 4) is 5.75 Å². The first-order chi connectivity index (χ1) is 14.6. The number of carbonyl (C=O) groups excluding carboxylic acids is 2. The summed E-state index contributed by atoms with van der Waals surface area (Å²) < 4.78 is 42.9. The van der Waals surface area contributed by atoms with Crippen molar-refractivity contribution >= 4 is 56.2 Å². The Bertz CT molecular complexity index is 1170. The van der Waals surface area contributed by atoms with E-state index in [2.05, 4.69) is 10.5 Å². The van der Waals surface area contributed by atoms with Crippen LogP contribution >= 0.6 is 22.9 Å². The van der Waals surface area contributed by atoms with Crippen LogP contribution in [0.5, 0.6) is 5.75 Å². The minimum Gasteiger partial charge on any atom is -0.497 e. The van der Waals surface area contributed by atoms with Crippen molar-refractivity contribution in [3.05, 3.63) is 57.9 Å². The van der Waals surface area contributed by atoms with E-state index in [1.54, 1.807) is 30.4 Å². The summed E-state index contributed by atoms with van der Waals surface area (Å²) >= 11 is 7.51. The van der Waals surface area contributed by atoms with Gasteiger partial charge < -0.3 is 10.1 Å². The summed E-state index contributed by atoms with van der Waals surface area (Å²) in [6, 6.07) is 10.8. The van der Waals surface area contributed by atoms with Crippen molar-refractivity contribution in [1.29, 1.82) is 0 Å². The van der Waals surface area contributed by atoms with E-state index in [9.17, 15) is 22.8 Å². The summed E-state index contributed by atoms with van der Waals surface area (Å²) in [5.41, 5.74) is 3.34. The number of benzene rings is 2. The molecule has 3 rings (SSSR count). The van der Waals surface area contributed by atoms with E-state index in [0.29, 0.717) is 22.0 Å². The molecule has 0 saturated heterocycles. The van der Waals surface area contributed by atoms with Gasteiger partial charge in [-0.1, -0.05) is 23.7 Å². The second-order valence-electron chi connectivity index (χ2n) is 6.27. The monoisotopic (exact) mass is 469 g/mol. The Morgan fingerprint density at radius 2 is 1.81 bits per heavy atom. The normalized spacial score (nSPS) is 12.0. The third kappa shape index (κ3) is 5.15. The Kier molecular flexibility index (Phi) is 6.51. The quantitative estimate of drug-likeness (QED) is 0.397. The van der Waals surface area contributed by atoms with Crippen LogP contribution in [0.3, 0.4) is 0 Å². The molecule has 11 heteroatoms. The molecule has 0 unspecified atom stereocenters. The molecule has 0 saturated carbocycles. The molecule has 0 aliphatic rings. The van der Waals surface area contributed by atoms with Gasteiger partial charge in [0.1, 0.15) is 10.6 Å². The van der Waals surface area contributed by atoms with Crippen LogP contribution < -0.4 is 15.5 Å². The topological polar surface area (TPSA) is 79.8 Å². The van der Waals surface area contributed by atoms with Crippen LogP contribution in [0.1, 0.15) is 22.2 Å². The second kappa shape index (κ2) is 8.94. The number of fused-ring (bicyclic) bond motifs is 1. The van der Waals surface area contributed by atoms with Crippen molar-refractivity contribution in [2.24, 2.45) is 5.10 Å². The standard InChI is InChI=1S/C20H15ClF3N3O3S/c1-10(11-3-5-12(6-4-11)25-19(29)20(22,23)24)26-27-18(28)17-16(21)14-8-7-13(30-2)9-15(14)31-17/h3-9H,1-2H3,(H,25,29)(H,27,28). The van der Waals surface area contributed by atoms with Gasteiger partial charge >= 0.3 is 12.1 Å². The van der Waals surface area contributed by atoms with Gasteiger partial charge in [0.15, 0.2) is 0 Å². The Balaban J connectivity index is 1.71. The minimum atomic E-state index is -4.97. The van der Waals surface area contributed by atoms with E-state index in [1.165, 1.54) is 42.7 Å². The molecule has 2 N–H and O–H groups in total. The average molecular weight is 470 g/mol. The van der Waals surface area contributed by atoms with Crippen molar-refractivity contribution in [1.82, 2.24) is 5.43 Å². The molecule has 0 aliphatic carbocycles. The lowest BCUT2D eigenvalue weighted by Crippen LogP contribution is -2.29. The van der Waals surface area contributed by atoms with Gasteiger partial charge in [-0.05, 0) is 42.8 Å². The van der Waals surface area contributed by atoms with E-state index in [-0.39, 0.29) is 10.6 Å². The van der Waals surface area contributed by atoms with Gasteiger partial charge in [-0.3, -0.25) is 9.59 Å². The number of methoxy groups -OCH3 is 1. The van der Waals surface area contributed by atoms with Crippen LogP contribution in [0.15, 0.2) is 47.6 Å². The van der Waals surface area contributed by atoms with Gasteiger partial charge in [-0.2, -0.15) is 18.3 Å². The molecule has 0 aliphatic heterocycles. The lowest BCUT2D eigenvalue weighted by atomic mass is 10.1. The van der Waals surface area contributed by atoms with Gasteiger partial charge in [0, 0.05) is 15.8 Å². The number of nitrogens with one attached hydrogen (secondary N) is 2. The van der Waals surface area contributed by atoms with E-state index >= 15 is 0 Å². The molecule has 1 heterocycles. The summed E-state index contributed by atoms with van der Waals surface area (Å²) in [6.45, 7) is 1.61. The molecule has 2 aromatic carbocycles. The lowest BCUT2D eigenvalue weighted by molar-refractivity contribution is -0.167. The Morgan fingerprint density at radius 3 is 2.42 bits per heavy atom. The van der Waals surface area contributed by atoms with Crippen molar-refractivity contribution in [3.63, 3.8) is 0 Å². The number of carbonyl (C=O) groups is 2. The largest absolute Gasteiger partial charge is 0.497 e. The van der Waals surface area contributed by atoms with Gasteiger partial charge in [-0.15, -0.1) is 11.3 Å². The third-order valence-corrected chi connectivity index (χ3v) is 5.84. The third-order valence-electron chi connectivity index (χ3n) is 4.19. The van der Waals surface area contributed by atoms with Crippen LogP contribution in [0, 0.1) is 0 Å². The van der Waals surface area contributed by atoms with Crippen LogP contribution in [0.2, 0.25) is 5.02 Å². The molecule has 31 heavy (non-hydrogen) atoms. The summed E-state index contributed by atoms with van der Waals surface area (Å²) in [7, 11) is 1.54. The van der Waals surface area contributed by atoms with Crippen LogP contribution in [-0.2, 0) is 4.79 Å². The number of thiophene rings is 1. The average Bonchev–Trinajstić information content (AvgIpc) is 3.07. The summed E-state index contributed by atoms with van der Waals surface area (Å²) in [5.74, 6) is -1.92. The van der Waals surface area contributed by atoms with Crippen molar-refractivity contribution < 1.29 is 27.5 Å². The molecule has 162 valence electrons. The first-order valence-corrected chi connectivity index (χ1v) is 9.89. The van der Waals surface area contributed by atoms with Crippen molar-refractivity contribution in [2.75, 3.05) is 12.4 Å². The second-order valence-corrected chi connectivity index (χ2v) is 7.70. The van der Waals surface area contributed by atoms with Gasteiger partial charge in [0.25, 0.3) is 5.91 Å². The summed E-state index contributed by atoms with van der Waals surface area (Å²) in [5, 5.41) is 6.79. The number of ether oxygens (including phenoxy) is 1. The highest BCUT2D eigenvalue weighted by molar-refractivity contribution is 7.21. The molecule has 6 nitrogen and oxygen atoms in total. The molecule has 0 bridgehead atoms. The first kappa shape index (κ1) is 22.6. The molecule has 0 atom stereocenters. The number of hydrogen-bond acceptors (Lipinski definition) is 5. The highest BCUT2D eigenvalue weighted by Crippen LogP contribution is 2.37. The SMILES string of the molecule is COc1ccc2c(Cl)c(C(=O)NN=C(C)c3ccc(NC(=O)C(F)(F)F)cc3)sc2c1. The highest BCUT2D eigenvalue weighted by atomic mass is 35.5. The maximum atomic E-state index is 12.5. The molecule has 0 fully saturated rings. The Labute approximate surface area is 183 Å². The van der Waals surface area contributed by atoms with Gasteiger partial charge in [0.2, 0.25) is 0 Å². The number of amides is 2. The number of hydrogen-bond donors (Lipinski definition) is 2. The van der Waals surface area contributed by atoms with E-state index in [0.717, 1.165) is 10.1 Å². The van der Waals surface area contributed by atoms with Gasteiger partial charge in [0.05, 0.1) is 17.8 Å². The van der Waals surface area contributed by atoms with E-state index in [1.807, 2.05) is 0 Å². The fourth-order valence-electron chi connectivity index (χ4n) is 2.57. The Morgan fingerprint density at radius 1 is 1.13 bits per heavy atom. The number of anilines is 1. The number of halogens is 4. The van der Waals surface area contributed by atoms with Gasteiger partial charge in [-0.25, -0.2) is 5.43 Å². The molecule has 2 amide bonds. The fraction of sp³-hybridized carbons (Fsp3) is 0.150. The smallest absolute Gasteiger partial charge is 0.471 e. The van der Waals surface area contributed by atoms with E-state index < -0.39 is 18.0 Å². The molecule has 3 aromatic rings. The van der Waals surface area contributed by atoms with Crippen LogP contribution in [-0.4, -0.2) is 30.8 Å². The maximum absolute atomic E-state index is 12.5. The molecule has 0 radical (unpaired) electrons. The number of alkyl halides is 3. The van der Waals surface area contributed by atoms with E-state index in [4.69, 9.17) is 16.3 Å². The summed E-state index contributed by atoms with van der Waals surface area (Å²) in [6.07, 6.45) is -4.97. The predicted octanol–water partition coefficient (Wildman–Crippen LogP) is 5.22. The van der Waals surface area contributed by atoms with Crippen molar-refractivity contribution in [2.45, 2.75) is 13.1 Å². The lowest BCUT2D eigenvalue weighted by Gasteiger charge is -2.08. The molecular weight excluding hydrogens is 455 g/mol. The van der Waals surface area contributed by atoms with Crippen LogP contribution in [0.4, 0.5) is 18.9 Å². The zero-order valence-corrected chi connectivity index (χ0v) is 17.7. The number of rotatable bonds is 5. The number of nitrogens with zero attached hydrogens (tertiary/aromatic N) is 1. The number of hydrazone groups is 1. The van der Waals surface area contributed by atoms with Crippen LogP contribution in [0.25, 0.3) is 10.1 Å².